The SMILES string of the molecule is Cc1cc(C(C)(C)C)cc(Pc2c(F)c(F)c(F)c(F)c2F)c1O.[Cl][Ti][Cl]. The van der Waals surface area contributed by atoms with Crippen molar-refractivity contribution in [3.8, 4) is 5.75 Å². The van der Waals surface area contributed by atoms with Crippen molar-refractivity contribution in [1.29, 1.82) is 0 Å². The van der Waals surface area contributed by atoms with Crippen LogP contribution in [0.25, 0.3) is 0 Å². The summed E-state index contributed by atoms with van der Waals surface area (Å²) >= 11 is -0.556. The molecule has 148 valence electrons. The molecule has 0 aliphatic heterocycles. The zero-order chi connectivity index (χ0) is 21.1. The molecule has 10 heteroatoms. The summed E-state index contributed by atoms with van der Waals surface area (Å²) in [4.78, 5) is 0. The molecule has 2 aromatic carbocycles. The first-order chi connectivity index (χ1) is 12.4. The van der Waals surface area contributed by atoms with Crippen molar-refractivity contribution in [2.24, 2.45) is 0 Å². The zero-order valence-corrected chi connectivity index (χ0v) is 18.8. The van der Waals surface area contributed by atoms with Gasteiger partial charge in [0.05, 0.1) is 5.30 Å². The van der Waals surface area contributed by atoms with Crippen LogP contribution < -0.4 is 10.6 Å². The molecule has 1 N–H and O–H groups in total. The minimum absolute atomic E-state index is 0.128. The molecule has 0 aliphatic carbocycles. The maximum absolute atomic E-state index is 13.9. The molecule has 27 heavy (non-hydrogen) atoms. The van der Waals surface area contributed by atoms with Gasteiger partial charge in [-0.15, -0.1) is 0 Å². The minimum atomic E-state index is -2.19. The van der Waals surface area contributed by atoms with Crippen molar-refractivity contribution in [2.75, 3.05) is 0 Å². The maximum atomic E-state index is 13.9. The molecule has 0 fully saturated rings. The van der Waals surface area contributed by atoms with Gasteiger partial charge in [0.2, 0.25) is 5.82 Å². The van der Waals surface area contributed by atoms with Gasteiger partial charge < -0.3 is 5.11 Å². The Balaban J connectivity index is 0.00000114. The molecule has 0 amide bonds. The van der Waals surface area contributed by atoms with Crippen LogP contribution >= 0.6 is 27.2 Å². The molecule has 1 nitrogen and oxygen atoms in total. The number of hydrogen-bond donors (Lipinski definition) is 1. The third-order valence-corrected chi connectivity index (χ3v) is 4.98. The Morgan fingerprint density at radius 1 is 0.889 bits per heavy atom. The van der Waals surface area contributed by atoms with E-state index < -0.39 is 60.0 Å². The summed E-state index contributed by atoms with van der Waals surface area (Å²) in [5.74, 6) is -10.1. The average molecular weight is 481 g/mol. The van der Waals surface area contributed by atoms with E-state index in [2.05, 4.69) is 0 Å². The normalized spacial score (nSPS) is 11.5. The van der Waals surface area contributed by atoms with Crippen molar-refractivity contribution in [2.45, 2.75) is 33.1 Å². The summed E-state index contributed by atoms with van der Waals surface area (Å²) in [6.45, 7) is 7.33. The number of aromatic hydroxyl groups is 1. The summed E-state index contributed by atoms with van der Waals surface area (Å²) < 4.78 is 67.5. The Morgan fingerprint density at radius 2 is 1.30 bits per heavy atom. The van der Waals surface area contributed by atoms with Gasteiger partial charge in [-0.2, -0.15) is 0 Å². The van der Waals surface area contributed by atoms with E-state index in [9.17, 15) is 27.1 Å². The Kier molecular flexibility index (Phi) is 9.03. The van der Waals surface area contributed by atoms with Gasteiger partial charge in [-0.05, 0) is 38.1 Å². The van der Waals surface area contributed by atoms with Crippen LogP contribution in [0.5, 0.6) is 5.75 Å². The third kappa shape index (κ3) is 5.80. The van der Waals surface area contributed by atoms with E-state index in [1.807, 2.05) is 20.8 Å². The number of aryl methyl sites for hydroxylation is 1. The first-order valence-electron chi connectivity index (χ1n) is 7.45. The molecule has 0 bridgehead atoms. The van der Waals surface area contributed by atoms with Gasteiger partial charge in [0, 0.05) is 5.30 Å². The standard InChI is InChI=1S/C17H16F5OP.2ClH.Ti/c1-7-5-8(17(2,3)4)6-9(15(7)23)24-16-13(21)11(19)10(18)12(20)14(16)22;;;/h5-6,23-24H,1-4H3;2*1H;/q;;;+2/p-2. The van der Waals surface area contributed by atoms with Gasteiger partial charge in [0.15, 0.2) is 23.3 Å². The molecule has 1 unspecified atom stereocenters. The second-order valence-electron chi connectivity index (χ2n) is 6.58. The predicted molar refractivity (Wildman–Crippen MR) is 97.1 cm³/mol. The van der Waals surface area contributed by atoms with Gasteiger partial charge in [0.1, 0.15) is 5.75 Å². The van der Waals surface area contributed by atoms with Crippen LogP contribution in [0.15, 0.2) is 12.1 Å². The molecule has 0 spiro atoms. The van der Waals surface area contributed by atoms with E-state index in [-0.39, 0.29) is 16.5 Å². The van der Waals surface area contributed by atoms with E-state index in [0.717, 1.165) is 5.56 Å². The number of phenolic OH excluding ortho intramolecular Hbond substituents is 1. The zero-order valence-electron chi connectivity index (χ0n) is 14.7. The molecule has 0 aromatic heterocycles. The third-order valence-electron chi connectivity index (χ3n) is 3.64. The molecule has 0 saturated heterocycles. The number of rotatable bonds is 2. The summed E-state index contributed by atoms with van der Waals surface area (Å²) in [6, 6.07) is 3.25. The van der Waals surface area contributed by atoms with Crippen LogP contribution in [0.3, 0.4) is 0 Å². The van der Waals surface area contributed by atoms with Crippen molar-refractivity contribution >= 4 is 37.8 Å². The Hall–Kier alpha value is -0.386. The van der Waals surface area contributed by atoms with Gasteiger partial charge in [-0.25, -0.2) is 22.0 Å². The summed E-state index contributed by atoms with van der Waals surface area (Å²) in [5.41, 5.74) is 0.937. The molecule has 0 saturated carbocycles. The topological polar surface area (TPSA) is 20.2 Å². The molecular formula is C17H16Cl2F5OPTi. The Morgan fingerprint density at radius 3 is 1.70 bits per heavy atom. The molecule has 0 radical (unpaired) electrons. The summed E-state index contributed by atoms with van der Waals surface area (Å²) in [5, 5.41) is 9.31. The van der Waals surface area contributed by atoms with Gasteiger partial charge in [-0.3, -0.25) is 0 Å². The predicted octanol–water partition coefficient (Wildman–Crippen LogP) is 5.70. The second kappa shape index (κ2) is 9.89. The fraction of sp³-hybridized carbons (Fsp3) is 0.294. The average Bonchev–Trinajstić information content (AvgIpc) is 2.58. The molecular weight excluding hydrogens is 465 g/mol. The quantitative estimate of drug-likeness (QED) is 0.192. The fourth-order valence-electron chi connectivity index (χ4n) is 2.16. The van der Waals surface area contributed by atoms with Crippen molar-refractivity contribution in [3.05, 3.63) is 52.3 Å². The summed E-state index contributed by atoms with van der Waals surface area (Å²) in [6.07, 6.45) is 0. The van der Waals surface area contributed by atoms with E-state index in [4.69, 9.17) is 18.6 Å². The number of benzene rings is 2. The van der Waals surface area contributed by atoms with E-state index >= 15 is 0 Å². The number of halogens is 7. The molecule has 2 rings (SSSR count). The van der Waals surface area contributed by atoms with Gasteiger partial charge in [0.25, 0.3) is 0 Å². The summed E-state index contributed by atoms with van der Waals surface area (Å²) in [7, 11) is 8.87. The van der Waals surface area contributed by atoms with Crippen LogP contribution in [0.4, 0.5) is 22.0 Å². The molecule has 1 atom stereocenters. The second-order valence-corrected chi connectivity index (χ2v) is 10.4. The first kappa shape index (κ1) is 24.7. The van der Waals surface area contributed by atoms with Crippen LogP contribution in [0.1, 0.15) is 31.9 Å². The monoisotopic (exact) mass is 480 g/mol. The van der Waals surface area contributed by atoms with E-state index in [1.54, 1.807) is 13.0 Å². The molecule has 2 aromatic rings. The van der Waals surface area contributed by atoms with Crippen LogP contribution in [-0.2, 0) is 22.4 Å². The van der Waals surface area contributed by atoms with Crippen LogP contribution in [-0.4, -0.2) is 5.11 Å². The number of hydrogen-bond acceptors (Lipinski definition) is 1. The van der Waals surface area contributed by atoms with Crippen LogP contribution in [0.2, 0.25) is 0 Å². The van der Waals surface area contributed by atoms with Crippen LogP contribution in [0, 0.1) is 36.0 Å². The van der Waals surface area contributed by atoms with Gasteiger partial charge >= 0.3 is 35.6 Å². The number of phenols is 1. The Bertz CT molecular complexity index is 814. The van der Waals surface area contributed by atoms with Crippen molar-refractivity contribution < 1.29 is 44.1 Å². The molecule has 0 heterocycles. The Labute approximate surface area is 172 Å². The first-order valence-corrected chi connectivity index (χ1v) is 12.7. The van der Waals surface area contributed by atoms with Crippen molar-refractivity contribution in [3.63, 3.8) is 0 Å². The van der Waals surface area contributed by atoms with Crippen molar-refractivity contribution in [1.82, 2.24) is 0 Å². The van der Waals surface area contributed by atoms with Gasteiger partial charge in [-0.1, -0.05) is 26.8 Å². The molecule has 0 aliphatic rings. The fourth-order valence-corrected chi connectivity index (χ4v) is 3.41. The van der Waals surface area contributed by atoms with E-state index in [0.29, 0.717) is 5.56 Å². The van der Waals surface area contributed by atoms with E-state index in [1.165, 1.54) is 6.07 Å².